The van der Waals surface area contributed by atoms with Crippen LogP contribution in [0.1, 0.15) is 21.5 Å². The molecule has 4 N–H and O–H groups in total. The smallest absolute Gasteiger partial charge is 0.204 e. The van der Waals surface area contributed by atoms with Gasteiger partial charge in [0, 0.05) is 17.0 Å². The first-order chi connectivity index (χ1) is 9.88. The normalized spacial score (nSPS) is 13.4. The average Bonchev–Trinajstić information content (AvgIpc) is 2.37. The minimum atomic E-state index is -0.491. The van der Waals surface area contributed by atoms with Crippen LogP contribution in [0, 0.1) is 6.92 Å². The summed E-state index contributed by atoms with van der Waals surface area (Å²) in [7, 11) is 1.23. The van der Waals surface area contributed by atoms with E-state index in [-0.39, 0.29) is 33.4 Å². The zero-order valence-corrected chi connectivity index (χ0v) is 11.3. The number of ketones is 1. The number of methoxy groups -OCH3 is 1. The average molecular weight is 288 g/mol. The molecule has 1 aliphatic carbocycles. The molecular formula is C15H12O6. The Hall–Kier alpha value is -2.89. The summed E-state index contributed by atoms with van der Waals surface area (Å²) >= 11 is 0. The summed E-state index contributed by atoms with van der Waals surface area (Å²) in [6.07, 6.45) is 0.983. The molecule has 0 radical (unpaired) electrons. The Morgan fingerprint density at radius 2 is 1.67 bits per heavy atom. The number of allylic oxidation sites excluding steroid dienone is 1. The number of aryl methyl sites for hydroxylation is 1. The highest BCUT2D eigenvalue weighted by atomic mass is 16.5. The lowest BCUT2D eigenvalue weighted by atomic mass is 9.86. The van der Waals surface area contributed by atoms with Crippen molar-refractivity contribution in [3.63, 3.8) is 0 Å². The number of phenolic OH excluding ortho intramolecular Hbond substituents is 3. The Kier molecular flexibility index (Phi) is 2.53. The summed E-state index contributed by atoms with van der Waals surface area (Å²) in [6.45, 7) is 1.62. The molecule has 2 aromatic rings. The molecule has 0 heterocycles. The van der Waals surface area contributed by atoms with Gasteiger partial charge in [-0.2, -0.15) is 0 Å². The third-order valence-corrected chi connectivity index (χ3v) is 3.63. The van der Waals surface area contributed by atoms with E-state index in [2.05, 4.69) is 0 Å². The molecule has 6 heteroatoms. The van der Waals surface area contributed by atoms with Crippen molar-refractivity contribution in [3.05, 3.63) is 28.8 Å². The number of hydrogen-bond donors (Lipinski definition) is 4. The van der Waals surface area contributed by atoms with E-state index in [9.17, 15) is 25.2 Å². The third-order valence-electron chi connectivity index (χ3n) is 3.63. The minimum absolute atomic E-state index is 0.0479. The molecule has 0 saturated carbocycles. The van der Waals surface area contributed by atoms with E-state index in [1.165, 1.54) is 13.2 Å². The van der Waals surface area contributed by atoms with Gasteiger partial charge in [-0.05, 0) is 18.6 Å². The molecule has 0 spiro atoms. The molecule has 0 aliphatic heterocycles. The number of carbonyl (C=O) groups is 1. The van der Waals surface area contributed by atoms with Crippen molar-refractivity contribution < 1.29 is 30.0 Å². The second-order valence-corrected chi connectivity index (χ2v) is 4.84. The van der Waals surface area contributed by atoms with E-state index in [0.29, 0.717) is 5.56 Å². The standard InChI is InChI=1S/C15H12O6/c1-5-3-6(16)10-12-9(5)7(17)4-8(18)11(12)14(20)15(21-2)13(10)19/h3-4,16,18-20H,1-2H3. The van der Waals surface area contributed by atoms with E-state index in [1.54, 1.807) is 6.92 Å². The number of rotatable bonds is 1. The van der Waals surface area contributed by atoms with Gasteiger partial charge >= 0.3 is 0 Å². The molecule has 21 heavy (non-hydrogen) atoms. The maximum absolute atomic E-state index is 12.1. The fourth-order valence-corrected chi connectivity index (χ4v) is 2.78. The van der Waals surface area contributed by atoms with E-state index in [0.717, 1.165) is 6.08 Å². The Labute approximate surface area is 119 Å². The summed E-state index contributed by atoms with van der Waals surface area (Å²) < 4.78 is 4.92. The topological polar surface area (TPSA) is 107 Å². The second-order valence-electron chi connectivity index (χ2n) is 4.84. The first-order valence-electron chi connectivity index (χ1n) is 6.12. The molecular weight excluding hydrogens is 276 g/mol. The number of ether oxygens (including phenoxy) is 1. The molecule has 0 aromatic heterocycles. The molecule has 108 valence electrons. The number of aliphatic hydroxyl groups is 1. The van der Waals surface area contributed by atoms with Crippen molar-refractivity contribution in [3.8, 4) is 23.0 Å². The van der Waals surface area contributed by atoms with Gasteiger partial charge in [0.2, 0.25) is 5.75 Å². The van der Waals surface area contributed by atoms with Crippen LogP contribution < -0.4 is 4.74 Å². The Morgan fingerprint density at radius 1 is 1.00 bits per heavy atom. The van der Waals surface area contributed by atoms with Gasteiger partial charge in [-0.1, -0.05) is 0 Å². The zero-order valence-electron chi connectivity index (χ0n) is 11.3. The number of phenols is 3. The van der Waals surface area contributed by atoms with Crippen molar-refractivity contribution in [1.29, 1.82) is 0 Å². The van der Waals surface area contributed by atoms with Crippen molar-refractivity contribution in [2.24, 2.45) is 0 Å². The van der Waals surface area contributed by atoms with E-state index in [4.69, 9.17) is 4.74 Å². The fourth-order valence-electron chi connectivity index (χ4n) is 2.78. The van der Waals surface area contributed by atoms with Crippen LogP contribution in [0.25, 0.3) is 16.5 Å². The van der Waals surface area contributed by atoms with Crippen LogP contribution in [0.15, 0.2) is 12.1 Å². The van der Waals surface area contributed by atoms with Gasteiger partial charge in [0.15, 0.2) is 17.3 Å². The summed E-state index contributed by atoms with van der Waals surface area (Å²) in [5, 5.41) is 40.5. The van der Waals surface area contributed by atoms with Gasteiger partial charge in [0.05, 0.1) is 18.1 Å². The van der Waals surface area contributed by atoms with Gasteiger partial charge in [-0.25, -0.2) is 0 Å². The monoisotopic (exact) mass is 288 g/mol. The number of carbonyl (C=O) groups excluding carboxylic acids is 1. The quantitative estimate of drug-likeness (QED) is 0.641. The molecule has 0 atom stereocenters. The van der Waals surface area contributed by atoms with Gasteiger partial charge in [0.1, 0.15) is 11.5 Å². The highest BCUT2D eigenvalue weighted by Gasteiger charge is 2.31. The number of aromatic hydroxyl groups is 3. The summed E-state index contributed by atoms with van der Waals surface area (Å²) in [5.74, 6) is -2.45. The van der Waals surface area contributed by atoms with E-state index in [1.807, 2.05) is 0 Å². The Bertz CT molecular complexity index is 848. The molecule has 0 saturated heterocycles. The number of aliphatic hydroxyl groups excluding tert-OH is 1. The Morgan fingerprint density at radius 3 is 2.29 bits per heavy atom. The second kappa shape index (κ2) is 4.05. The summed E-state index contributed by atoms with van der Waals surface area (Å²) in [6, 6.07) is 1.34. The van der Waals surface area contributed by atoms with Crippen molar-refractivity contribution in [2.45, 2.75) is 6.92 Å². The predicted octanol–water partition coefficient (Wildman–Crippen LogP) is 2.37. The lowest BCUT2D eigenvalue weighted by Crippen LogP contribution is -2.08. The van der Waals surface area contributed by atoms with Crippen molar-refractivity contribution in [2.75, 3.05) is 7.11 Å². The molecule has 2 aromatic carbocycles. The molecule has 3 rings (SSSR count). The highest BCUT2D eigenvalue weighted by Crippen LogP contribution is 2.52. The predicted molar refractivity (Wildman–Crippen MR) is 75.2 cm³/mol. The SMILES string of the molecule is COc1c(O)c2c3c(c(C)cc(O)c3c1O)C(=O)C=C2O. The minimum Gasteiger partial charge on any atom is -0.507 e. The van der Waals surface area contributed by atoms with Crippen molar-refractivity contribution in [1.82, 2.24) is 0 Å². The molecule has 0 unspecified atom stereocenters. The first kappa shape index (κ1) is 13.1. The maximum Gasteiger partial charge on any atom is 0.204 e. The number of benzene rings is 2. The van der Waals surface area contributed by atoms with Crippen LogP contribution in [0.3, 0.4) is 0 Å². The molecule has 0 fully saturated rings. The highest BCUT2D eigenvalue weighted by molar-refractivity contribution is 6.24. The first-order valence-corrected chi connectivity index (χ1v) is 6.12. The van der Waals surface area contributed by atoms with E-state index >= 15 is 0 Å². The molecule has 1 aliphatic rings. The van der Waals surface area contributed by atoms with Gasteiger partial charge in [-0.3, -0.25) is 4.79 Å². The van der Waals surface area contributed by atoms with Crippen LogP contribution in [0.2, 0.25) is 0 Å². The largest absolute Gasteiger partial charge is 0.507 e. The molecule has 0 amide bonds. The Balaban J connectivity index is 2.69. The number of hydrogen-bond acceptors (Lipinski definition) is 6. The van der Waals surface area contributed by atoms with E-state index < -0.39 is 23.0 Å². The lowest BCUT2D eigenvalue weighted by molar-refractivity contribution is 0.104. The summed E-state index contributed by atoms with van der Waals surface area (Å²) in [5.41, 5.74) is 0.635. The van der Waals surface area contributed by atoms with Crippen LogP contribution in [-0.4, -0.2) is 33.3 Å². The van der Waals surface area contributed by atoms with Crippen LogP contribution >= 0.6 is 0 Å². The van der Waals surface area contributed by atoms with Gasteiger partial charge in [-0.15, -0.1) is 0 Å². The van der Waals surface area contributed by atoms with Crippen LogP contribution in [0.4, 0.5) is 0 Å². The zero-order chi connectivity index (χ0) is 15.5. The van der Waals surface area contributed by atoms with Crippen LogP contribution in [-0.2, 0) is 0 Å². The van der Waals surface area contributed by atoms with Crippen LogP contribution in [0.5, 0.6) is 23.0 Å². The fraction of sp³-hybridized carbons (Fsp3) is 0.133. The van der Waals surface area contributed by atoms with Crippen molar-refractivity contribution >= 4 is 22.3 Å². The third kappa shape index (κ3) is 1.50. The van der Waals surface area contributed by atoms with Gasteiger partial charge < -0.3 is 25.2 Å². The molecule has 6 nitrogen and oxygen atoms in total. The molecule has 0 bridgehead atoms. The maximum atomic E-state index is 12.1. The summed E-state index contributed by atoms with van der Waals surface area (Å²) in [4.78, 5) is 12.1. The lowest BCUT2D eigenvalue weighted by Gasteiger charge is -2.21. The van der Waals surface area contributed by atoms with Gasteiger partial charge in [0.25, 0.3) is 0 Å².